The van der Waals surface area contributed by atoms with Gasteiger partial charge in [-0.2, -0.15) is 0 Å². The average Bonchev–Trinajstić information content (AvgIpc) is 2.39. The first kappa shape index (κ1) is 15.0. The Hall–Kier alpha value is -1.42. The molecule has 1 aliphatic heterocycles. The van der Waals surface area contributed by atoms with Crippen molar-refractivity contribution in [1.82, 2.24) is 0 Å². The molecule has 2 atom stereocenters. The molecule has 2 N–H and O–H groups in total. The monoisotopic (exact) mass is 296 g/mol. The third-order valence-corrected chi connectivity index (χ3v) is 4.23. The molecule has 110 valence electrons. The Bertz CT molecular complexity index is 509. The van der Waals surface area contributed by atoms with Crippen molar-refractivity contribution in [1.29, 1.82) is 0 Å². The van der Waals surface area contributed by atoms with E-state index in [0.29, 0.717) is 28.4 Å². The van der Waals surface area contributed by atoms with E-state index in [0.717, 1.165) is 18.5 Å². The molecule has 0 saturated carbocycles. The number of benzene rings is 1. The zero-order valence-corrected chi connectivity index (χ0v) is 12.9. The minimum Gasteiger partial charge on any atom is -0.465 e. The van der Waals surface area contributed by atoms with E-state index in [1.54, 1.807) is 12.1 Å². The van der Waals surface area contributed by atoms with Crippen LogP contribution < -0.4 is 10.6 Å². The van der Waals surface area contributed by atoms with Crippen LogP contribution in [0.4, 0.5) is 11.4 Å². The van der Waals surface area contributed by atoms with Gasteiger partial charge in [-0.25, -0.2) is 4.79 Å². The van der Waals surface area contributed by atoms with E-state index < -0.39 is 5.97 Å². The van der Waals surface area contributed by atoms with Crippen molar-refractivity contribution in [2.24, 2.45) is 0 Å². The first-order chi connectivity index (χ1) is 9.45. The molecule has 5 heteroatoms. The predicted octanol–water partition coefficient (Wildman–Crippen LogP) is 3.48. The lowest BCUT2D eigenvalue weighted by molar-refractivity contribution is 0.0601. The summed E-state index contributed by atoms with van der Waals surface area (Å²) in [5.41, 5.74) is 7.46. The number of carbonyl (C=O) groups is 1. The van der Waals surface area contributed by atoms with E-state index in [1.807, 2.05) is 0 Å². The quantitative estimate of drug-likeness (QED) is 0.670. The molecule has 0 aromatic heterocycles. The number of hydrogen-bond donors (Lipinski definition) is 1. The second-order valence-electron chi connectivity index (χ2n) is 5.43. The van der Waals surface area contributed by atoms with Crippen LogP contribution in [0.5, 0.6) is 0 Å². The van der Waals surface area contributed by atoms with E-state index in [-0.39, 0.29) is 0 Å². The maximum absolute atomic E-state index is 12.0. The maximum atomic E-state index is 12.0. The summed E-state index contributed by atoms with van der Waals surface area (Å²) in [5.74, 6) is -0.404. The van der Waals surface area contributed by atoms with Crippen LogP contribution in [0.3, 0.4) is 0 Å². The predicted molar refractivity (Wildman–Crippen MR) is 82.5 cm³/mol. The highest BCUT2D eigenvalue weighted by atomic mass is 35.5. The fourth-order valence-corrected chi connectivity index (χ4v) is 3.34. The second-order valence-corrected chi connectivity index (χ2v) is 5.83. The number of hydrogen-bond acceptors (Lipinski definition) is 4. The van der Waals surface area contributed by atoms with Gasteiger partial charge in [0.15, 0.2) is 0 Å². The zero-order chi connectivity index (χ0) is 14.9. The van der Waals surface area contributed by atoms with Crippen LogP contribution in [0.25, 0.3) is 0 Å². The standard InChI is InChI=1S/C15H21ClN2O2/c1-9-5-4-6-10(2)18(9)14-12(15(19)20-3)7-11(17)8-13(14)16/h7-10H,4-6,17H2,1-3H3. The van der Waals surface area contributed by atoms with Crippen molar-refractivity contribution in [2.45, 2.75) is 45.2 Å². The Morgan fingerprint density at radius 1 is 1.35 bits per heavy atom. The molecule has 0 bridgehead atoms. The minimum atomic E-state index is -0.404. The fourth-order valence-electron chi connectivity index (χ4n) is 3.01. The summed E-state index contributed by atoms with van der Waals surface area (Å²) < 4.78 is 4.87. The molecule has 1 saturated heterocycles. The van der Waals surface area contributed by atoms with Crippen molar-refractivity contribution in [3.63, 3.8) is 0 Å². The van der Waals surface area contributed by atoms with Crippen LogP contribution in [0.2, 0.25) is 5.02 Å². The normalized spacial score (nSPS) is 22.7. The van der Waals surface area contributed by atoms with Crippen LogP contribution in [0, 0.1) is 0 Å². The van der Waals surface area contributed by atoms with E-state index in [1.165, 1.54) is 13.5 Å². The van der Waals surface area contributed by atoms with Crippen LogP contribution in [-0.2, 0) is 4.74 Å². The lowest BCUT2D eigenvalue weighted by atomic mass is 9.95. The van der Waals surface area contributed by atoms with Gasteiger partial charge in [-0.1, -0.05) is 11.6 Å². The summed E-state index contributed by atoms with van der Waals surface area (Å²) in [5, 5.41) is 0.506. The van der Waals surface area contributed by atoms with Gasteiger partial charge in [0, 0.05) is 17.8 Å². The number of piperidine rings is 1. The topological polar surface area (TPSA) is 55.6 Å². The number of nitrogens with zero attached hydrogens (tertiary/aromatic N) is 1. The molecule has 1 aromatic rings. The molecule has 4 nitrogen and oxygen atoms in total. The van der Waals surface area contributed by atoms with Gasteiger partial charge in [-0.05, 0) is 45.2 Å². The van der Waals surface area contributed by atoms with Crippen molar-refractivity contribution in [3.05, 3.63) is 22.7 Å². The number of halogens is 1. The number of esters is 1. The molecule has 2 rings (SSSR count). The van der Waals surface area contributed by atoms with Gasteiger partial charge in [-0.3, -0.25) is 0 Å². The number of rotatable bonds is 2. The van der Waals surface area contributed by atoms with Gasteiger partial charge in [0.1, 0.15) is 0 Å². The lowest BCUT2D eigenvalue weighted by Gasteiger charge is -2.42. The summed E-state index contributed by atoms with van der Waals surface area (Å²) in [4.78, 5) is 14.3. The molecular weight excluding hydrogens is 276 g/mol. The van der Waals surface area contributed by atoms with Crippen LogP contribution in [0.1, 0.15) is 43.5 Å². The van der Waals surface area contributed by atoms with Gasteiger partial charge < -0.3 is 15.4 Å². The number of ether oxygens (including phenoxy) is 1. The first-order valence-electron chi connectivity index (χ1n) is 6.91. The molecular formula is C15H21ClN2O2. The lowest BCUT2D eigenvalue weighted by Crippen LogP contribution is -2.44. The van der Waals surface area contributed by atoms with Crippen LogP contribution in [-0.4, -0.2) is 25.2 Å². The van der Waals surface area contributed by atoms with Crippen molar-refractivity contribution in [3.8, 4) is 0 Å². The van der Waals surface area contributed by atoms with Gasteiger partial charge in [0.2, 0.25) is 0 Å². The van der Waals surface area contributed by atoms with Crippen molar-refractivity contribution >= 4 is 28.9 Å². The molecule has 0 spiro atoms. The average molecular weight is 297 g/mol. The molecule has 0 aliphatic carbocycles. The highest BCUT2D eigenvalue weighted by molar-refractivity contribution is 6.34. The van der Waals surface area contributed by atoms with E-state index in [4.69, 9.17) is 22.1 Å². The van der Waals surface area contributed by atoms with Crippen molar-refractivity contribution < 1.29 is 9.53 Å². The SMILES string of the molecule is COC(=O)c1cc(N)cc(Cl)c1N1C(C)CCCC1C. The fraction of sp³-hybridized carbons (Fsp3) is 0.533. The molecule has 1 heterocycles. The van der Waals surface area contributed by atoms with Gasteiger partial charge >= 0.3 is 5.97 Å². The van der Waals surface area contributed by atoms with Crippen molar-refractivity contribution in [2.75, 3.05) is 17.7 Å². The number of nitrogen functional groups attached to an aromatic ring is 1. The summed E-state index contributed by atoms with van der Waals surface area (Å²) in [6.45, 7) is 4.31. The molecule has 1 aliphatic rings. The summed E-state index contributed by atoms with van der Waals surface area (Å²) in [6, 6.07) is 4.00. The highest BCUT2D eigenvalue weighted by Crippen LogP contribution is 2.38. The van der Waals surface area contributed by atoms with Gasteiger partial charge in [0.05, 0.1) is 23.4 Å². The van der Waals surface area contributed by atoms with E-state index >= 15 is 0 Å². The molecule has 2 unspecified atom stereocenters. The second kappa shape index (κ2) is 5.92. The number of nitrogens with two attached hydrogens (primary N) is 1. The Kier molecular flexibility index (Phi) is 4.43. The Morgan fingerprint density at radius 2 is 1.95 bits per heavy atom. The molecule has 0 amide bonds. The Balaban J connectivity index is 2.56. The smallest absolute Gasteiger partial charge is 0.340 e. The first-order valence-corrected chi connectivity index (χ1v) is 7.29. The third kappa shape index (κ3) is 2.70. The Labute approximate surface area is 124 Å². The zero-order valence-electron chi connectivity index (χ0n) is 12.1. The van der Waals surface area contributed by atoms with Crippen LogP contribution in [0.15, 0.2) is 12.1 Å². The third-order valence-electron chi connectivity index (χ3n) is 3.94. The maximum Gasteiger partial charge on any atom is 0.340 e. The molecule has 1 fully saturated rings. The highest BCUT2D eigenvalue weighted by Gasteiger charge is 2.30. The summed E-state index contributed by atoms with van der Waals surface area (Å²) in [7, 11) is 1.37. The summed E-state index contributed by atoms with van der Waals surface area (Å²) >= 11 is 6.37. The molecule has 1 aromatic carbocycles. The number of carbonyl (C=O) groups excluding carboxylic acids is 1. The van der Waals surface area contributed by atoms with Gasteiger partial charge in [-0.15, -0.1) is 0 Å². The number of methoxy groups -OCH3 is 1. The van der Waals surface area contributed by atoms with E-state index in [9.17, 15) is 4.79 Å². The summed E-state index contributed by atoms with van der Waals surface area (Å²) in [6.07, 6.45) is 3.37. The number of anilines is 2. The Morgan fingerprint density at radius 3 is 2.50 bits per heavy atom. The molecule has 20 heavy (non-hydrogen) atoms. The molecule has 0 radical (unpaired) electrons. The minimum absolute atomic E-state index is 0.336. The van der Waals surface area contributed by atoms with Gasteiger partial charge in [0.25, 0.3) is 0 Å². The largest absolute Gasteiger partial charge is 0.465 e. The van der Waals surface area contributed by atoms with Crippen LogP contribution >= 0.6 is 11.6 Å². The van der Waals surface area contributed by atoms with E-state index in [2.05, 4.69) is 18.7 Å².